The zero-order chi connectivity index (χ0) is 18.5. The van der Waals surface area contributed by atoms with Crippen molar-refractivity contribution in [3.8, 4) is 11.5 Å². The lowest BCUT2D eigenvalue weighted by Gasteiger charge is -2.10. The van der Waals surface area contributed by atoms with Gasteiger partial charge in [-0.2, -0.15) is 0 Å². The Labute approximate surface area is 147 Å². The predicted molar refractivity (Wildman–Crippen MR) is 88.3 cm³/mol. The van der Waals surface area contributed by atoms with Crippen LogP contribution >= 0.6 is 0 Å². The van der Waals surface area contributed by atoms with E-state index in [2.05, 4.69) is 24.5 Å². The van der Waals surface area contributed by atoms with Gasteiger partial charge in [-0.25, -0.2) is 21.0 Å². The van der Waals surface area contributed by atoms with Crippen molar-refractivity contribution in [1.82, 2.24) is 4.98 Å². The number of nitrogens with zero attached hydrogens (tertiary/aromatic N) is 1. The Balaban J connectivity index is 2.00. The van der Waals surface area contributed by atoms with Crippen LogP contribution in [0.5, 0.6) is 11.5 Å². The van der Waals surface area contributed by atoms with Crippen LogP contribution in [-0.2, 0) is 16.2 Å². The Morgan fingerprint density at radius 2 is 1.62 bits per heavy atom. The van der Waals surface area contributed by atoms with E-state index in [1.165, 1.54) is 24.3 Å². The third-order valence-corrected chi connectivity index (χ3v) is 3.92. The van der Waals surface area contributed by atoms with Crippen molar-refractivity contribution < 1.29 is 40.6 Å². The minimum absolute atomic E-state index is 0.00895. The molecule has 3 rings (SSSR count). The van der Waals surface area contributed by atoms with Gasteiger partial charge in [0, 0.05) is 18.0 Å². The summed E-state index contributed by atoms with van der Waals surface area (Å²) < 4.78 is 0. The summed E-state index contributed by atoms with van der Waals surface area (Å²) in [4.78, 5) is 21.2. The first-order valence-corrected chi connectivity index (χ1v) is 7.48. The topological polar surface area (TPSA) is 131 Å². The van der Waals surface area contributed by atoms with Crippen molar-refractivity contribution in [2.45, 2.75) is 12.8 Å². The molecule has 0 radical (unpaired) electrons. The van der Waals surface area contributed by atoms with Crippen LogP contribution in [0.4, 0.5) is 0 Å². The highest BCUT2D eigenvalue weighted by Crippen LogP contribution is 2.34. The monoisotopic (exact) mass is 361 g/mol. The Morgan fingerprint density at radius 1 is 0.885 bits per heavy atom. The molecule has 1 aromatic heterocycles. The van der Waals surface area contributed by atoms with Crippen LogP contribution in [0.3, 0.4) is 0 Å². The SMILES string of the molecule is OOC1=CCC=C(Cc2nccc3cc(OO)c(OO)cc23)C=C1OO. The van der Waals surface area contributed by atoms with Crippen molar-refractivity contribution in [2.75, 3.05) is 0 Å². The molecule has 0 spiro atoms. The number of rotatable bonds is 6. The quantitative estimate of drug-likeness (QED) is 0.450. The van der Waals surface area contributed by atoms with E-state index < -0.39 is 0 Å². The van der Waals surface area contributed by atoms with E-state index in [0.29, 0.717) is 29.3 Å². The van der Waals surface area contributed by atoms with Crippen LogP contribution in [0.1, 0.15) is 12.1 Å². The summed E-state index contributed by atoms with van der Waals surface area (Å²) in [5, 5.41) is 37.0. The maximum Gasteiger partial charge on any atom is 0.211 e. The standard InChI is InChI=1S/C17H15NO8/c19-23-14-3-1-2-10(7-15(14)24-20)6-13-12-9-17(26-22)16(25-21)8-11(12)4-5-18-13/h2-5,7-9,19-22H,1,6H2. The van der Waals surface area contributed by atoms with Gasteiger partial charge in [-0.05, 0) is 47.7 Å². The second-order valence-corrected chi connectivity index (χ2v) is 5.41. The average Bonchev–Trinajstić information content (AvgIpc) is 2.88. The predicted octanol–water partition coefficient (Wildman–Crippen LogP) is 3.56. The van der Waals surface area contributed by atoms with Gasteiger partial charge in [0.25, 0.3) is 0 Å². The highest BCUT2D eigenvalue weighted by molar-refractivity contribution is 5.88. The Kier molecular flexibility index (Phi) is 5.34. The van der Waals surface area contributed by atoms with E-state index in [-0.39, 0.29) is 23.0 Å². The van der Waals surface area contributed by atoms with Gasteiger partial charge < -0.3 is 19.6 Å². The van der Waals surface area contributed by atoms with Gasteiger partial charge in [-0.3, -0.25) is 4.98 Å². The van der Waals surface area contributed by atoms with Gasteiger partial charge in [0.2, 0.25) is 23.0 Å². The van der Waals surface area contributed by atoms with Crippen LogP contribution in [-0.4, -0.2) is 26.0 Å². The maximum absolute atomic E-state index is 8.97. The lowest BCUT2D eigenvalue weighted by atomic mass is 10.0. The zero-order valence-electron chi connectivity index (χ0n) is 13.3. The maximum atomic E-state index is 8.97. The molecule has 1 aliphatic rings. The number of fused-ring (bicyclic) bond motifs is 1. The molecule has 1 heterocycles. The summed E-state index contributed by atoms with van der Waals surface area (Å²) in [5.74, 6) is -0.176. The normalized spacial score (nSPS) is 14.1. The molecule has 0 bridgehead atoms. The van der Waals surface area contributed by atoms with Crippen molar-refractivity contribution in [3.05, 3.63) is 65.4 Å². The second kappa shape index (κ2) is 7.85. The molecular weight excluding hydrogens is 346 g/mol. The molecule has 4 N–H and O–H groups in total. The van der Waals surface area contributed by atoms with Crippen LogP contribution < -0.4 is 9.78 Å². The summed E-state index contributed by atoms with van der Waals surface area (Å²) in [6.07, 6.45) is 7.26. The molecule has 9 heteroatoms. The fourth-order valence-electron chi connectivity index (χ4n) is 2.71. The van der Waals surface area contributed by atoms with Crippen LogP contribution in [0, 0.1) is 0 Å². The molecule has 136 valence electrons. The molecule has 0 aliphatic heterocycles. The zero-order valence-corrected chi connectivity index (χ0v) is 13.3. The van der Waals surface area contributed by atoms with E-state index in [1.807, 2.05) is 6.08 Å². The summed E-state index contributed by atoms with van der Waals surface area (Å²) in [5.41, 5.74) is 1.38. The molecule has 26 heavy (non-hydrogen) atoms. The number of benzene rings is 1. The lowest BCUT2D eigenvalue weighted by Crippen LogP contribution is -1.99. The van der Waals surface area contributed by atoms with Gasteiger partial charge >= 0.3 is 0 Å². The van der Waals surface area contributed by atoms with Gasteiger partial charge in [-0.1, -0.05) is 6.08 Å². The van der Waals surface area contributed by atoms with Crippen LogP contribution in [0.25, 0.3) is 10.8 Å². The molecule has 9 nitrogen and oxygen atoms in total. The number of pyridine rings is 1. The van der Waals surface area contributed by atoms with E-state index >= 15 is 0 Å². The highest BCUT2D eigenvalue weighted by Gasteiger charge is 2.16. The fraction of sp³-hybridized carbons (Fsp3) is 0.118. The summed E-state index contributed by atoms with van der Waals surface area (Å²) in [6, 6.07) is 4.68. The number of allylic oxidation sites excluding steroid dienone is 4. The molecule has 1 aliphatic carbocycles. The third kappa shape index (κ3) is 3.46. The molecule has 0 saturated carbocycles. The van der Waals surface area contributed by atoms with E-state index in [0.717, 1.165) is 5.57 Å². The van der Waals surface area contributed by atoms with Crippen molar-refractivity contribution in [2.24, 2.45) is 0 Å². The van der Waals surface area contributed by atoms with Gasteiger partial charge in [0.15, 0.2) is 0 Å². The number of aromatic nitrogens is 1. The third-order valence-electron chi connectivity index (χ3n) is 3.92. The lowest BCUT2D eigenvalue weighted by molar-refractivity contribution is -0.239. The van der Waals surface area contributed by atoms with E-state index in [1.54, 1.807) is 12.3 Å². The molecule has 2 aromatic rings. The fourth-order valence-corrected chi connectivity index (χ4v) is 2.71. The Morgan fingerprint density at radius 3 is 2.31 bits per heavy atom. The van der Waals surface area contributed by atoms with E-state index in [4.69, 9.17) is 21.0 Å². The van der Waals surface area contributed by atoms with Crippen molar-refractivity contribution in [3.63, 3.8) is 0 Å². The molecule has 0 saturated heterocycles. The van der Waals surface area contributed by atoms with Crippen molar-refractivity contribution in [1.29, 1.82) is 0 Å². The van der Waals surface area contributed by atoms with Crippen molar-refractivity contribution >= 4 is 10.8 Å². The van der Waals surface area contributed by atoms with Gasteiger partial charge in [0.1, 0.15) is 0 Å². The van der Waals surface area contributed by atoms with E-state index in [9.17, 15) is 0 Å². The first-order chi connectivity index (χ1) is 12.7. The minimum Gasteiger partial charge on any atom is -0.336 e. The van der Waals surface area contributed by atoms with Crippen LogP contribution in [0.2, 0.25) is 0 Å². The Bertz CT molecular complexity index is 903. The summed E-state index contributed by atoms with van der Waals surface area (Å²) in [7, 11) is 0. The minimum atomic E-state index is -0.0725. The number of hydrogen-bond donors (Lipinski definition) is 4. The molecular formula is C17H15NO8. The highest BCUT2D eigenvalue weighted by atomic mass is 17.1. The second-order valence-electron chi connectivity index (χ2n) is 5.41. The van der Waals surface area contributed by atoms with Gasteiger partial charge in [0.05, 0.1) is 5.69 Å². The average molecular weight is 361 g/mol. The first kappa shape index (κ1) is 17.7. The first-order valence-electron chi connectivity index (χ1n) is 7.48. The molecule has 0 atom stereocenters. The molecule has 0 amide bonds. The van der Waals surface area contributed by atoms with Gasteiger partial charge in [-0.15, -0.1) is 0 Å². The number of hydrogen-bond acceptors (Lipinski definition) is 9. The largest absolute Gasteiger partial charge is 0.336 e. The summed E-state index contributed by atoms with van der Waals surface area (Å²) in [6.45, 7) is 0. The van der Waals surface area contributed by atoms with Crippen LogP contribution in [0.15, 0.2) is 59.7 Å². The molecule has 0 fully saturated rings. The Hall–Kier alpha value is -3.11. The molecule has 1 aromatic carbocycles. The smallest absolute Gasteiger partial charge is 0.211 e. The molecule has 0 unspecified atom stereocenters. The summed E-state index contributed by atoms with van der Waals surface area (Å²) >= 11 is 0.